The maximum absolute atomic E-state index is 11.6. The van der Waals surface area contributed by atoms with Gasteiger partial charge < -0.3 is 21.1 Å². The number of tetrazole rings is 1. The first-order chi connectivity index (χ1) is 10.7. The van der Waals surface area contributed by atoms with Gasteiger partial charge in [-0.2, -0.15) is 4.52 Å². The molecule has 0 bridgehead atoms. The second-order valence-corrected chi connectivity index (χ2v) is 6.27. The molecular formula is C14H23N7O2. The van der Waals surface area contributed by atoms with Crippen LogP contribution in [0.4, 0.5) is 16.2 Å². The normalized spacial score (nSPS) is 11.5. The van der Waals surface area contributed by atoms with Crippen molar-refractivity contribution in [1.29, 1.82) is 0 Å². The maximum atomic E-state index is 11.6. The largest absolute Gasteiger partial charge is 0.444 e. The number of hydrogen-bond donors (Lipinski definition) is 3. The number of aromatic nitrogens is 4. The number of amides is 1. The van der Waals surface area contributed by atoms with E-state index in [9.17, 15) is 4.79 Å². The molecule has 0 unspecified atom stereocenters. The van der Waals surface area contributed by atoms with Crippen LogP contribution in [0.15, 0.2) is 0 Å². The fourth-order valence-electron chi connectivity index (χ4n) is 2.13. The summed E-state index contributed by atoms with van der Waals surface area (Å²) in [6.07, 6.45) is -0.447. The van der Waals surface area contributed by atoms with Gasteiger partial charge in [0.05, 0.1) is 5.69 Å². The van der Waals surface area contributed by atoms with Crippen molar-refractivity contribution in [3.63, 3.8) is 0 Å². The molecule has 2 heterocycles. The van der Waals surface area contributed by atoms with Gasteiger partial charge in [-0.1, -0.05) is 0 Å². The molecule has 0 aliphatic heterocycles. The lowest BCUT2D eigenvalue weighted by Gasteiger charge is -2.20. The van der Waals surface area contributed by atoms with Crippen LogP contribution in [0.3, 0.4) is 0 Å². The molecule has 2 aromatic rings. The number of aryl methyl sites for hydroxylation is 1. The Bertz CT molecular complexity index is 718. The zero-order valence-electron chi connectivity index (χ0n) is 14.1. The molecule has 0 aromatic carbocycles. The van der Waals surface area contributed by atoms with Crippen LogP contribution < -0.4 is 16.4 Å². The fourth-order valence-corrected chi connectivity index (χ4v) is 2.13. The molecule has 0 saturated heterocycles. The molecule has 0 atom stereocenters. The molecule has 9 nitrogen and oxygen atoms in total. The Labute approximate surface area is 134 Å². The summed E-state index contributed by atoms with van der Waals surface area (Å²) < 4.78 is 6.78. The van der Waals surface area contributed by atoms with Gasteiger partial charge in [0.2, 0.25) is 5.65 Å². The first-order valence-corrected chi connectivity index (χ1v) is 7.38. The van der Waals surface area contributed by atoms with Crippen molar-refractivity contribution in [2.75, 3.05) is 24.1 Å². The average molecular weight is 321 g/mol. The van der Waals surface area contributed by atoms with Gasteiger partial charge in [-0.05, 0) is 50.6 Å². The lowest BCUT2D eigenvalue weighted by molar-refractivity contribution is 0.0530. The summed E-state index contributed by atoms with van der Waals surface area (Å²) in [4.78, 5) is 11.6. The number of fused-ring (bicyclic) bond motifs is 1. The molecule has 0 aliphatic rings. The highest BCUT2D eigenvalue weighted by Crippen LogP contribution is 2.28. The Morgan fingerprint density at radius 3 is 2.65 bits per heavy atom. The molecule has 0 saturated carbocycles. The Hall–Kier alpha value is -2.58. The second kappa shape index (κ2) is 6.27. The number of nitrogens with zero attached hydrogens (tertiary/aromatic N) is 4. The zero-order chi connectivity index (χ0) is 17.2. The van der Waals surface area contributed by atoms with E-state index >= 15 is 0 Å². The van der Waals surface area contributed by atoms with E-state index in [1.807, 2.05) is 34.6 Å². The van der Waals surface area contributed by atoms with E-state index in [0.717, 1.165) is 16.9 Å². The van der Waals surface area contributed by atoms with Crippen LogP contribution in [0.1, 0.15) is 32.0 Å². The predicted octanol–water partition coefficient (Wildman–Crippen LogP) is 1.26. The van der Waals surface area contributed by atoms with Gasteiger partial charge in [-0.3, -0.25) is 0 Å². The van der Waals surface area contributed by atoms with E-state index in [-0.39, 0.29) is 0 Å². The lowest BCUT2D eigenvalue weighted by atomic mass is 10.1. The summed E-state index contributed by atoms with van der Waals surface area (Å²) >= 11 is 0. The number of anilines is 2. The molecule has 0 fully saturated rings. The second-order valence-electron chi connectivity index (χ2n) is 6.27. The van der Waals surface area contributed by atoms with Gasteiger partial charge in [-0.25, -0.2) is 4.79 Å². The topological polar surface area (TPSA) is 119 Å². The molecule has 23 heavy (non-hydrogen) atoms. The number of nitrogens with one attached hydrogen (secondary N) is 2. The van der Waals surface area contributed by atoms with E-state index in [4.69, 9.17) is 10.5 Å². The minimum atomic E-state index is -0.513. The van der Waals surface area contributed by atoms with Crippen LogP contribution in [0.25, 0.3) is 5.65 Å². The minimum absolute atomic E-state index is 0.406. The van der Waals surface area contributed by atoms with Gasteiger partial charge in [0.25, 0.3) is 0 Å². The van der Waals surface area contributed by atoms with Crippen molar-refractivity contribution in [2.24, 2.45) is 0 Å². The van der Waals surface area contributed by atoms with Crippen molar-refractivity contribution < 1.29 is 9.53 Å². The summed E-state index contributed by atoms with van der Waals surface area (Å²) in [6.45, 7) is 10.2. The molecule has 126 valence electrons. The Kier molecular flexibility index (Phi) is 4.57. The van der Waals surface area contributed by atoms with Crippen molar-refractivity contribution in [2.45, 2.75) is 40.2 Å². The van der Waals surface area contributed by atoms with E-state index in [1.165, 1.54) is 0 Å². The molecule has 2 rings (SSSR count). The van der Waals surface area contributed by atoms with Gasteiger partial charge in [0.15, 0.2) is 0 Å². The summed E-state index contributed by atoms with van der Waals surface area (Å²) in [5.41, 5.74) is 9.24. The van der Waals surface area contributed by atoms with E-state index < -0.39 is 11.7 Å². The van der Waals surface area contributed by atoms with Crippen LogP contribution in [-0.4, -0.2) is 44.8 Å². The number of hydrogen-bond acceptors (Lipinski definition) is 7. The summed E-state index contributed by atoms with van der Waals surface area (Å²) in [6, 6.07) is 0. The fraction of sp³-hybridized carbons (Fsp3) is 0.571. The van der Waals surface area contributed by atoms with Crippen molar-refractivity contribution in [3.05, 3.63) is 11.3 Å². The number of ether oxygens (including phenoxy) is 1. The number of rotatable bonds is 4. The summed E-state index contributed by atoms with van der Waals surface area (Å²) in [7, 11) is 0. The third-order valence-electron chi connectivity index (χ3n) is 3.31. The summed E-state index contributed by atoms with van der Waals surface area (Å²) in [5, 5.41) is 17.4. The Morgan fingerprint density at radius 2 is 2.00 bits per heavy atom. The SMILES string of the molecule is Cc1c(NCCNC(=O)OC(C)(C)C)c(N)c2nnnn2c1C. The molecule has 2 aromatic heterocycles. The molecule has 9 heteroatoms. The van der Waals surface area contributed by atoms with E-state index in [0.29, 0.717) is 24.4 Å². The van der Waals surface area contributed by atoms with E-state index in [1.54, 1.807) is 4.52 Å². The first kappa shape index (κ1) is 16.8. The number of nitrogens with two attached hydrogens (primary N) is 1. The van der Waals surface area contributed by atoms with Crippen LogP contribution in [0.5, 0.6) is 0 Å². The van der Waals surface area contributed by atoms with Crippen molar-refractivity contribution in [3.8, 4) is 0 Å². The highest BCUT2D eigenvalue weighted by Gasteiger charge is 2.17. The zero-order valence-corrected chi connectivity index (χ0v) is 14.1. The van der Waals surface area contributed by atoms with Crippen LogP contribution >= 0.6 is 0 Å². The van der Waals surface area contributed by atoms with E-state index in [2.05, 4.69) is 26.2 Å². The van der Waals surface area contributed by atoms with Gasteiger partial charge in [-0.15, -0.1) is 5.10 Å². The summed E-state index contributed by atoms with van der Waals surface area (Å²) in [5.74, 6) is 0. The maximum Gasteiger partial charge on any atom is 0.407 e. The molecule has 4 N–H and O–H groups in total. The molecule has 0 spiro atoms. The quantitative estimate of drug-likeness (QED) is 0.725. The minimum Gasteiger partial charge on any atom is -0.444 e. The van der Waals surface area contributed by atoms with Crippen LogP contribution in [0, 0.1) is 13.8 Å². The Balaban J connectivity index is 1.99. The molecular weight excluding hydrogens is 298 g/mol. The third-order valence-corrected chi connectivity index (χ3v) is 3.31. The van der Waals surface area contributed by atoms with Crippen LogP contribution in [-0.2, 0) is 4.74 Å². The number of nitrogen functional groups attached to an aromatic ring is 1. The van der Waals surface area contributed by atoms with Gasteiger partial charge in [0, 0.05) is 18.8 Å². The van der Waals surface area contributed by atoms with Crippen LogP contribution in [0.2, 0.25) is 0 Å². The number of carbonyl (C=O) groups excluding carboxylic acids is 1. The third kappa shape index (κ3) is 3.79. The standard InChI is InChI=1S/C14H23N7O2/c1-8-9(2)21-12(18-19-20-21)10(15)11(8)16-6-7-17-13(22)23-14(3,4)5/h16H,6-7,15H2,1-5H3,(H,17,22). The molecule has 0 radical (unpaired) electrons. The average Bonchev–Trinajstić information content (AvgIpc) is 2.92. The highest BCUT2D eigenvalue weighted by molar-refractivity contribution is 5.82. The number of alkyl carbamates (subject to hydrolysis) is 1. The smallest absolute Gasteiger partial charge is 0.407 e. The van der Waals surface area contributed by atoms with Gasteiger partial charge >= 0.3 is 6.09 Å². The predicted molar refractivity (Wildman–Crippen MR) is 87.4 cm³/mol. The molecule has 1 amide bonds. The van der Waals surface area contributed by atoms with Gasteiger partial charge in [0.1, 0.15) is 11.3 Å². The number of pyridine rings is 1. The highest BCUT2D eigenvalue weighted by atomic mass is 16.6. The number of carbonyl (C=O) groups is 1. The lowest BCUT2D eigenvalue weighted by Crippen LogP contribution is -2.35. The Morgan fingerprint density at radius 1 is 1.30 bits per heavy atom. The van der Waals surface area contributed by atoms with Crippen molar-refractivity contribution in [1.82, 2.24) is 25.4 Å². The molecule has 0 aliphatic carbocycles. The van der Waals surface area contributed by atoms with Crippen molar-refractivity contribution >= 4 is 23.1 Å². The first-order valence-electron chi connectivity index (χ1n) is 7.38. The monoisotopic (exact) mass is 321 g/mol.